The Bertz CT molecular complexity index is 342. The van der Waals surface area contributed by atoms with Crippen LogP contribution in [-0.4, -0.2) is 12.4 Å². The van der Waals surface area contributed by atoms with Gasteiger partial charge in [-0.15, -0.1) is 6.58 Å². The summed E-state index contributed by atoms with van der Waals surface area (Å²) in [5.41, 5.74) is 1.07. The van der Waals surface area contributed by atoms with Crippen LogP contribution < -0.4 is 4.74 Å². The lowest BCUT2D eigenvalue weighted by atomic mass is 10.1. The SMILES string of the molecule is C=CCc1ccccc1OCC(=O)CC. The molecule has 0 amide bonds. The molecule has 0 spiro atoms. The molecule has 1 aromatic rings. The van der Waals surface area contributed by atoms with Crippen molar-refractivity contribution < 1.29 is 9.53 Å². The van der Waals surface area contributed by atoms with Crippen molar-refractivity contribution in [2.24, 2.45) is 0 Å². The minimum absolute atomic E-state index is 0.114. The fourth-order valence-electron chi connectivity index (χ4n) is 1.23. The zero-order valence-electron chi connectivity index (χ0n) is 9.03. The molecule has 0 atom stereocenters. The Morgan fingerprint density at radius 1 is 1.47 bits per heavy atom. The summed E-state index contributed by atoms with van der Waals surface area (Å²) in [7, 11) is 0. The van der Waals surface area contributed by atoms with Crippen molar-refractivity contribution in [2.45, 2.75) is 19.8 Å². The molecule has 1 rings (SSSR count). The number of Topliss-reactive ketones (excluding diaryl/α,β-unsaturated/α-hetero) is 1. The molecule has 0 aliphatic carbocycles. The molecule has 0 aliphatic rings. The molecule has 0 radical (unpaired) electrons. The highest BCUT2D eigenvalue weighted by molar-refractivity contribution is 5.79. The van der Waals surface area contributed by atoms with E-state index in [1.165, 1.54) is 0 Å². The lowest BCUT2D eigenvalue weighted by molar-refractivity contribution is -0.120. The van der Waals surface area contributed by atoms with E-state index in [9.17, 15) is 4.79 Å². The van der Waals surface area contributed by atoms with Gasteiger partial charge in [0.1, 0.15) is 12.4 Å². The molecule has 0 N–H and O–H groups in total. The molecule has 1 aromatic carbocycles. The van der Waals surface area contributed by atoms with E-state index < -0.39 is 0 Å². The van der Waals surface area contributed by atoms with Gasteiger partial charge < -0.3 is 4.74 Å². The van der Waals surface area contributed by atoms with Crippen molar-refractivity contribution in [2.75, 3.05) is 6.61 Å². The van der Waals surface area contributed by atoms with E-state index in [1.807, 2.05) is 37.3 Å². The first kappa shape index (κ1) is 11.5. The third-order valence-corrected chi connectivity index (χ3v) is 2.12. The van der Waals surface area contributed by atoms with Crippen LogP contribution in [0.3, 0.4) is 0 Å². The maximum Gasteiger partial charge on any atom is 0.169 e. The molecule has 2 nitrogen and oxygen atoms in total. The number of rotatable bonds is 6. The number of carbonyl (C=O) groups is 1. The Labute approximate surface area is 90.6 Å². The van der Waals surface area contributed by atoms with Gasteiger partial charge in [-0.05, 0) is 18.1 Å². The topological polar surface area (TPSA) is 26.3 Å². The van der Waals surface area contributed by atoms with E-state index >= 15 is 0 Å². The first-order valence-corrected chi connectivity index (χ1v) is 5.11. The van der Waals surface area contributed by atoms with Crippen LogP contribution in [0.4, 0.5) is 0 Å². The molecular weight excluding hydrogens is 188 g/mol. The highest BCUT2D eigenvalue weighted by atomic mass is 16.5. The average molecular weight is 204 g/mol. The minimum atomic E-state index is 0.114. The average Bonchev–Trinajstić information content (AvgIpc) is 2.28. The van der Waals surface area contributed by atoms with E-state index in [0.717, 1.165) is 17.7 Å². The molecular formula is C13H16O2. The zero-order chi connectivity index (χ0) is 11.1. The second kappa shape index (κ2) is 6.02. The van der Waals surface area contributed by atoms with Crippen LogP contribution in [0.5, 0.6) is 5.75 Å². The molecule has 0 aromatic heterocycles. The monoisotopic (exact) mass is 204 g/mol. The lowest BCUT2D eigenvalue weighted by Gasteiger charge is -2.08. The van der Waals surface area contributed by atoms with Gasteiger partial charge in [0, 0.05) is 6.42 Å². The molecule has 15 heavy (non-hydrogen) atoms. The van der Waals surface area contributed by atoms with Crippen molar-refractivity contribution in [3.63, 3.8) is 0 Å². The fraction of sp³-hybridized carbons (Fsp3) is 0.308. The van der Waals surface area contributed by atoms with Crippen LogP contribution >= 0.6 is 0 Å². The number of carbonyl (C=O) groups excluding carboxylic acids is 1. The number of hydrogen-bond donors (Lipinski definition) is 0. The van der Waals surface area contributed by atoms with Gasteiger partial charge in [-0.3, -0.25) is 4.79 Å². The summed E-state index contributed by atoms with van der Waals surface area (Å²) in [6.07, 6.45) is 3.10. The van der Waals surface area contributed by atoms with Crippen LogP contribution in [-0.2, 0) is 11.2 Å². The van der Waals surface area contributed by atoms with E-state index in [0.29, 0.717) is 6.42 Å². The van der Waals surface area contributed by atoms with Crippen molar-refractivity contribution in [3.05, 3.63) is 42.5 Å². The van der Waals surface area contributed by atoms with Crippen LogP contribution in [0.2, 0.25) is 0 Å². The van der Waals surface area contributed by atoms with E-state index in [2.05, 4.69) is 6.58 Å². The number of hydrogen-bond acceptors (Lipinski definition) is 2. The summed E-state index contributed by atoms with van der Waals surface area (Å²) >= 11 is 0. The van der Waals surface area contributed by atoms with Crippen LogP contribution in [0.25, 0.3) is 0 Å². The van der Waals surface area contributed by atoms with Crippen molar-refractivity contribution in [3.8, 4) is 5.75 Å². The standard InChI is InChI=1S/C13H16O2/c1-3-7-11-8-5-6-9-13(11)15-10-12(14)4-2/h3,5-6,8-9H,1,4,7,10H2,2H3. The first-order chi connectivity index (χ1) is 7.27. The third kappa shape index (κ3) is 3.58. The molecule has 0 fully saturated rings. The normalized spacial score (nSPS) is 9.67. The van der Waals surface area contributed by atoms with Gasteiger partial charge in [-0.25, -0.2) is 0 Å². The summed E-state index contributed by atoms with van der Waals surface area (Å²) in [6.45, 7) is 5.68. The predicted octanol–water partition coefficient (Wildman–Crippen LogP) is 2.77. The summed E-state index contributed by atoms with van der Waals surface area (Å²) in [5.74, 6) is 0.891. The lowest BCUT2D eigenvalue weighted by Crippen LogP contribution is -2.10. The first-order valence-electron chi connectivity index (χ1n) is 5.11. The van der Waals surface area contributed by atoms with E-state index in [-0.39, 0.29) is 12.4 Å². The number of benzene rings is 1. The molecule has 0 aliphatic heterocycles. The predicted molar refractivity (Wildman–Crippen MR) is 61.1 cm³/mol. The second-order valence-electron chi connectivity index (χ2n) is 3.28. The van der Waals surface area contributed by atoms with E-state index in [4.69, 9.17) is 4.74 Å². The molecule has 0 heterocycles. The Hall–Kier alpha value is -1.57. The van der Waals surface area contributed by atoms with Gasteiger partial charge in [0.05, 0.1) is 0 Å². The molecule has 0 saturated carbocycles. The van der Waals surface area contributed by atoms with Crippen LogP contribution in [0.15, 0.2) is 36.9 Å². The number of allylic oxidation sites excluding steroid dienone is 1. The Balaban J connectivity index is 2.66. The Kier molecular flexibility index (Phi) is 4.61. The molecule has 2 heteroatoms. The number of para-hydroxylation sites is 1. The summed E-state index contributed by atoms with van der Waals surface area (Å²) in [5, 5.41) is 0. The van der Waals surface area contributed by atoms with Gasteiger partial charge in [-0.1, -0.05) is 31.2 Å². The smallest absolute Gasteiger partial charge is 0.169 e. The molecule has 0 bridgehead atoms. The minimum Gasteiger partial charge on any atom is -0.486 e. The van der Waals surface area contributed by atoms with Gasteiger partial charge in [0.15, 0.2) is 5.78 Å². The maximum atomic E-state index is 11.1. The Morgan fingerprint density at radius 3 is 2.87 bits per heavy atom. The van der Waals surface area contributed by atoms with Gasteiger partial charge in [0.2, 0.25) is 0 Å². The van der Waals surface area contributed by atoms with Crippen LogP contribution in [0.1, 0.15) is 18.9 Å². The highest BCUT2D eigenvalue weighted by Crippen LogP contribution is 2.18. The number of ether oxygens (including phenoxy) is 1. The van der Waals surface area contributed by atoms with Crippen molar-refractivity contribution >= 4 is 5.78 Å². The quantitative estimate of drug-likeness (QED) is 0.666. The largest absolute Gasteiger partial charge is 0.486 e. The molecule has 80 valence electrons. The number of ketones is 1. The van der Waals surface area contributed by atoms with Gasteiger partial charge in [-0.2, -0.15) is 0 Å². The zero-order valence-corrected chi connectivity index (χ0v) is 9.03. The van der Waals surface area contributed by atoms with Crippen LogP contribution in [0, 0.1) is 0 Å². The molecule has 0 saturated heterocycles. The molecule has 0 unspecified atom stereocenters. The second-order valence-corrected chi connectivity index (χ2v) is 3.28. The van der Waals surface area contributed by atoms with Gasteiger partial charge >= 0.3 is 0 Å². The van der Waals surface area contributed by atoms with Crippen molar-refractivity contribution in [1.82, 2.24) is 0 Å². The van der Waals surface area contributed by atoms with Crippen molar-refractivity contribution in [1.29, 1.82) is 0 Å². The summed E-state index contributed by atoms with van der Waals surface area (Å²) < 4.78 is 5.45. The van der Waals surface area contributed by atoms with E-state index in [1.54, 1.807) is 0 Å². The fourth-order valence-corrected chi connectivity index (χ4v) is 1.23. The highest BCUT2D eigenvalue weighted by Gasteiger charge is 2.03. The maximum absolute atomic E-state index is 11.1. The Morgan fingerprint density at radius 2 is 2.20 bits per heavy atom. The summed E-state index contributed by atoms with van der Waals surface area (Å²) in [4.78, 5) is 11.1. The summed E-state index contributed by atoms with van der Waals surface area (Å²) in [6, 6.07) is 7.71. The third-order valence-electron chi connectivity index (χ3n) is 2.12. The van der Waals surface area contributed by atoms with Gasteiger partial charge in [0.25, 0.3) is 0 Å².